The Morgan fingerprint density at radius 1 is 0.853 bits per heavy atom. The Labute approximate surface area is 204 Å². The molecule has 2 amide bonds. The van der Waals surface area contributed by atoms with Gasteiger partial charge in [-0.3, -0.25) is 14.4 Å². The second-order valence-corrected chi connectivity index (χ2v) is 6.34. The molecule has 0 spiro atoms. The van der Waals surface area contributed by atoms with Gasteiger partial charge in [0.05, 0.1) is 6.61 Å². The van der Waals surface area contributed by atoms with E-state index in [2.05, 4.69) is 10.6 Å². The molecule has 0 aliphatic carbocycles. The summed E-state index contributed by atoms with van der Waals surface area (Å²) in [5.74, 6) is -0.564. The fourth-order valence-electron chi connectivity index (χ4n) is 2.64. The van der Waals surface area contributed by atoms with E-state index in [-0.39, 0.29) is 0 Å². The minimum atomic E-state index is -1.19. The second kappa shape index (κ2) is 20.4. The smallest absolute Gasteiger partial charge is 0.252 e. The molecule has 3 N–H and O–H groups in total. The number of hydrogen-bond donors (Lipinski definition) is 3. The highest BCUT2D eigenvalue weighted by Crippen LogP contribution is 2.23. The molecular formula is C27H42N2O5. The van der Waals surface area contributed by atoms with Crippen LogP contribution in [-0.2, 0) is 9.59 Å². The van der Waals surface area contributed by atoms with Gasteiger partial charge < -0.3 is 20.5 Å². The van der Waals surface area contributed by atoms with Crippen molar-refractivity contribution in [2.24, 2.45) is 0 Å². The second-order valence-electron chi connectivity index (χ2n) is 6.34. The van der Waals surface area contributed by atoms with Gasteiger partial charge in [0.15, 0.2) is 11.8 Å². The van der Waals surface area contributed by atoms with Crippen LogP contribution in [0.25, 0.3) is 11.1 Å². The number of carbonyl (C=O) groups excluding carboxylic acids is 3. The molecule has 2 aromatic rings. The summed E-state index contributed by atoms with van der Waals surface area (Å²) < 4.78 is 5.43. The first-order chi connectivity index (χ1) is 16.5. The molecule has 0 aliphatic heterocycles. The maximum Gasteiger partial charge on any atom is 0.252 e. The van der Waals surface area contributed by atoms with Crippen LogP contribution in [0.4, 0.5) is 0 Å². The Morgan fingerprint density at radius 3 is 1.74 bits per heavy atom. The largest absolute Gasteiger partial charge is 0.494 e. The number of benzene rings is 2. The van der Waals surface area contributed by atoms with Crippen LogP contribution >= 0.6 is 0 Å². The molecule has 34 heavy (non-hydrogen) atoms. The first kappa shape index (κ1) is 33.0. The van der Waals surface area contributed by atoms with E-state index >= 15 is 0 Å². The highest BCUT2D eigenvalue weighted by atomic mass is 16.5. The molecule has 1 atom stereocenters. The maximum atomic E-state index is 12.4. The summed E-state index contributed by atoms with van der Waals surface area (Å²) in [6.45, 7) is 14.2. The fourth-order valence-corrected chi connectivity index (χ4v) is 2.64. The molecule has 0 fully saturated rings. The Balaban J connectivity index is 0. The summed E-state index contributed by atoms with van der Waals surface area (Å²) in [5.41, 5.74) is 2.32. The average molecular weight is 475 g/mol. The van der Waals surface area contributed by atoms with Gasteiger partial charge in [-0.05, 0) is 55.7 Å². The molecule has 1 unspecified atom stereocenters. The van der Waals surface area contributed by atoms with Crippen LogP contribution in [0.3, 0.4) is 0 Å². The number of Topliss-reactive ketones (excluding diaryl/α,β-unsaturated/α-hetero) is 1. The molecule has 0 saturated heterocycles. The molecule has 2 aromatic carbocycles. The van der Waals surface area contributed by atoms with Crippen LogP contribution in [0.15, 0.2) is 48.5 Å². The van der Waals surface area contributed by atoms with E-state index < -0.39 is 23.6 Å². The van der Waals surface area contributed by atoms with Crippen LogP contribution in [0, 0.1) is 0 Å². The molecule has 0 heterocycles. The van der Waals surface area contributed by atoms with Gasteiger partial charge in [0.25, 0.3) is 5.91 Å². The summed E-state index contributed by atoms with van der Waals surface area (Å²) in [6, 6.07) is 13.5. The average Bonchev–Trinajstić information content (AvgIpc) is 2.90. The fraction of sp³-hybridized carbons (Fsp3) is 0.444. The Kier molecular flexibility index (Phi) is 19.8. The van der Waals surface area contributed by atoms with E-state index in [1.54, 1.807) is 12.1 Å². The van der Waals surface area contributed by atoms with E-state index in [9.17, 15) is 14.4 Å². The zero-order valence-electron chi connectivity index (χ0n) is 21.9. The lowest BCUT2D eigenvalue weighted by molar-refractivity contribution is -0.130. The van der Waals surface area contributed by atoms with Crippen LogP contribution in [0.2, 0.25) is 0 Å². The van der Waals surface area contributed by atoms with Crippen LogP contribution in [-0.4, -0.2) is 49.0 Å². The van der Waals surface area contributed by atoms with Gasteiger partial charge in [-0.1, -0.05) is 58.9 Å². The molecular weight excluding hydrogens is 432 g/mol. The number of rotatable bonds is 9. The van der Waals surface area contributed by atoms with E-state index in [4.69, 9.17) is 9.84 Å². The van der Waals surface area contributed by atoms with Crippen molar-refractivity contribution < 1.29 is 24.2 Å². The zero-order chi connectivity index (χ0) is 26.5. The van der Waals surface area contributed by atoms with Gasteiger partial charge in [0.2, 0.25) is 5.91 Å². The van der Waals surface area contributed by atoms with Crippen LogP contribution < -0.4 is 15.4 Å². The number of nitrogens with one attached hydrogen (secondary N) is 2. The van der Waals surface area contributed by atoms with Gasteiger partial charge in [0, 0.05) is 19.2 Å². The summed E-state index contributed by atoms with van der Waals surface area (Å²) in [6.07, 6.45) is 0.747. The number of carbonyl (C=O) groups is 3. The third-order valence-electron chi connectivity index (χ3n) is 4.14. The first-order valence-electron chi connectivity index (χ1n) is 11.8. The van der Waals surface area contributed by atoms with Crippen molar-refractivity contribution in [1.29, 1.82) is 0 Å². The standard InChI is InChI=1S/C22H26N2O4.2C2H6.CH4O/c1-4-14-23-22(27)20(15(3)25)24-21(26)18-8-6-16(7-9-18)17-10-12-19(13-11-17)28-5-2;3*1-2/h6-13,20H,4-5,14H2,1-3H3,(H,23,27)(H,24,26);2*1-2H3;2H,1H3. The van der Waals surface area contributed by atoms with Crippen LogP contribution in [0.5, 0.6) is 5.75 Å². The van der Waals surface area contributed by atoms with Crippen molar-refractivity contribution >= 4 is 17.6 Å². The Morgan fingerprint density at radius 2 is 1.32 bits per heavy atom. The molecule has 7 heteroatoms. The van der Waals surface area contributed by atoms with E-state index in [0.29, 0.717) is 18.7 Å². The molecule has 0 radical (unpaired) electrons. The first-order valence-corrected chi connectivity index (χ1v) is 11.8. The SMILES string of the molecule is CC.CC.CCCNC(=O)C(NC(=O)c1ccc(-c2ccc(OCC)cc2)cc1)C(C)=O.CO. The van der Waals surface area contributed by atoms with Crippen molar-refractivity contribution in [2.45, 2.75) is 60.9 Å². The predicted molar refractivity (Wildman–Crippen MR) is 139 cm³/mol. The normalized spacial score (nSPS) is 9.91. The van der Waals surface area contributed by atoms with Gasteiger partial charge in [-0.15, -0.1) is 0 Å². The summed E-state index contributed by atoms with van der Waals surface area (Å²) in [7, 11) is 1.00. The van der Waals surface area contributed by atoms with Gasteiger partial charge in [-0.2, -0.15) is 0 Å². The molecule has 0 bridgehead atoms. The Bertz CT molecular complexity index is 818. The summed E-state index contributed by atoms with van der Waals surface area (Å²) in [5, 5.41) is 12.1. The predicted octanol–water partition coefficient (Wildman–Crippen LogP) is 4.63. The highest BCUT2D eigenvalue weighted by molar-refractivity contribution is 6.09. The van der Waals surface area contributed by atoms with E-state index in [1.165, 1.54) is 6.92 Å². The number of ketones is 1. The van der Waals surface area contributed by atoms with Crippen molar-refractivity contribution in [3.8, 4) is 16.9 Å². The lowest BCUT2D eigenvalue weighted by atomic mass is 10.0. The van der Waals surface area contributed by atoms with Gasteiger partial charge in [0.1, 0.15) is 5.75 Å². The zero-order valence-corrected chi connectivity index (χ0v) is 21.9. The van der Waals surface area contributed by atoms with Crippen molar-refractivity contribution in [3.05, 3.63) is 54.1 Å². The number of hydrogen-bond acceptors (Lipinski definition) is 5. The van der Waals surface area contributed by atoms with E-state index in [1.807, 2.05) is 77.9 Å². The molecule has 7 nitrogen and oxygen atoms in total. The Hall–Kier alpha value is -3.19. The van der Waals surface area contributed by atoms with Crippen molar-refractivity contribution in [3.63, 3.8) is 0 Å². The third kappa shape index (κ3) is 11.6. The maximum absolute atomic E-state index is 12.4. The lowest BCUT2D eigenvalue weighted by Gasteiger charge is -2.15. The molecule has 0 aromatic heterocycles. The highest BCUT2D eigenvalue weighted by Gasteiger charge is 2.25. The minimum absolute atomic E-state index is 0.379. The molecule has 0 saturated carbocycles. The molecule has 2 rings (SSSR count). The summed E-state index contributed by atoms with van der Waals surface area (Å²) >= 11 is 0. The number of ether oxygens (including phenoxy) is 1. The van der Waals surface area contributed by atoms with Gasteiger partial charge in [-0.25, -0.2) is 0 Å². The van der Waals surface area contributed by atoms with Crippen LogP contribution in [0.1, 0.15) is 65.2 Å². The van der Waals surface area contributed by atoms with Crippen molar-refractivity contribution in [2.75, 3.05) is 20.3 Å². The topological polar surface area (TPSA) is 105 Å². The summed E-state index contributed by atoms with van der Waals surface area (Å²) in [4.78, 5) is 36.3. The third-order valence-corrected chi connectivity index (χ3v) is 4.14. The minimum Gasteiger partial charge on any atom is -0.494 e. The monoisotopic (exact) mass is 474 g/mol. The molecule has 0 aliphatic rings. The van der Waals surface area contributed by atoms with E-state index in [0.717, 1.165) is 30.4 Å². The quantitative estimate of drug-likeness (QED) is 0.460. The van der Waals surface area contributed by atoms with Crippen molar-refractivity contribution in [1.82, 2.24) is 10.6 Å². The molecule has 190 valence electrons. The number of amides is 2. The lowest BCUT2D eigenvalue weighted by Crippen LogP contribution is -2.50. The number of aliphatic hydroxyl groups is 1. The number of aliphatic hydroxyl groups excluding tert-OH is 1. The van der Waals surface area contributed by atoms with Gasteiger partial charge >= 0.3 is 0 Å².